The molecule has 66 valence electrons. The van der Waals surface area contributed by atoms with E-state index in [9.17, 15) is 0 Å². The number of benzene rings is 1. The third kappa shape index (κ3) is 1.74. The zero-order valence-corrected chi connectivity index (χ0v) is 8.69. The molecule has 1 aromatic heterocycles. The van der Waals surface area contributed by atoms with Crippen molar-refractivity contribution in [3.63, 3.8) is 0 Å². The Kier molecular flexibility index (Phi) is 2.34. The van der Waals surface area contributed by atoms with Crippen molar-refractivity contribution in [2.45, 2.75) is 6.92 Å². The van der Waals surface area contributed by atoms with Crippen LogP contribution in [-0.4, -0.2) is 4.37 Å². The van der Waals surface area contributed by atoms with E-state index in [-0.39, 0.29) is 0 Å². The van der Waals surface area contributed by atoms with Gasteiger partial charge in [-0.15, -0.1) is 0 Å². The van der Waals surface area contributed by atoms with E-state index in [1.54, 1.807) is 0 Å². The molecule has 0 saturated carbocycles. The summed E-state index contributed by atoms with van der Waals surface area (Å²) in [5, 5.41) is 0. The maximum absolute atomic E-state index is 5.82. The number of aryl methyl sites for hydroxylation is 1. The highest BCUT2D eigenvalue weighted by atomic mass is 35.5. The minimum atomic E-state index is 0.734. The van der Waals surface area contributed by atoms with E-state index < -0.39 is 0 Å². The van der Waals surface area contributed by atoms with E-state index in [0.717, 1.165) is 15.6 Å². The van der Waals surface area contributed by atoms with Crippen LogP contribution in [0.2, 0.25) is 4.34 Å². The first-order valence-electron chi connectivity index (χ1n) is 3.95. The lowest BCUT2D eigenvalue weighted by Crippen LogP contribution is -1.80. The van der Waals surface area contributed by atoms with Gasteiger partial charge in [0.05, 0.1) is 5.69 Å². The van der Waals surface area contributed by atoms with Crippen molar-refractivity contribution in [1.82, 2.24) is 4.37 Å². The molecule has 0 unspecified atom stereocenters. The lowest BCUT2D eigenvalue weighted by Gasteiger charge is -1.99. The second kappa shape index (κ2) is 3.48. The smallest absolute Gasteiger partial charge is 0.114 e. The number of rotatable bonds is 1. The molecule has 0 bridgehead atoms. The Bertz CT molecular complexity index is 422. The third-order valence-corrected chi connectivity index (χ3v) is 2.80. The number of hydrogen-bond acceptors (Lipinski definition) is 2. The fourth-order valence-corrected chi connectivity index (χ4v) is 1.95. The SMILES string of the molecule is Cc1ccccc1-c1cc(Cl)sn1. The molecule has 2 aromatic rings. The van der Waals surface area contributed by atoms with Gasteiger partial charge in [0.15, 0.2) is 0 Å². The lowest BCUT2D eigenvalue weighted by atomic mass is 10.1. The first-order chi connectivity index (χ1) is 6.27. The summed E-state index contributed by atoms with van der Waals surface area (Å²) in [5.41, 5.74) is 3.35. The molecule has 1 aromatic carbocycles. The number of hydrogen-bond donors (Lipinski definition) is 0. The van der Waals surface area contributed by atoms with E-state index in [0.29, 0.717) is 0 Å². The van der Waals surface area contributed by atoms with Crippen LogP contribution in [0.3, 0.4) is 0 Å². The Hall–Kier alpha value is -0.860. The minimum Gasteiger partial charge on any atom is -0.191 e. The number of nitrogens with zero attached hydrogens (tertiary/aromatic N) is 1. The molecule has 0 fully saturated rings. The Balaban J connectivity index is 2.52. The molecule has 0 N–H and O–H groups in total. The standard InChI is InChI=1S/C10H8ClNS/c1-7-4-2-3-5-8(7)9-6-10(11)13-12-9/h2-6H,1H3. The molecule has 0 spiro atoms. The van der Waals surface area contributed by atoms with Crippen molar-refractivity contribution in [3.05, 3.63) is 40.2 Å². The van der Waals surface area contributed by atoms with Crippen LogP contribution in [-0.2, 0) is 0 Å². The Labute approximate surface area is 86.2 Å². The highest BCUT2D eigenvalue weighted by molar-refractivity contribution is 7.10. The van der Waals surface area contributed by atoms with Gasteiger partial charge in [0.1, 0.15) is 4.34 Å². The summed E-state index contributed by atoms with van der Waals surface area (Å²) in [7, 11) is 0. The highest BCUT2D eigenvalue weighted by Crippen LogP contribution is 2.26. The molecule has 0 radical (unpaired) electrons. The van der Waals surface area contributed by atoms with Crippen LogP contribution in [0.15, 0.2) is 30.3 Å². The summed E-state index contributed by atoms with van der Waals surface area (Å²) >= 11 is 7.14. The van der Waals surface area contributed by atoms with Gasteiger partial charge in [-0.05, 0) is 30.1 Å². The predicted molar refractivity (Wildman–Crippen MR) is 57.3 cm³/mol. The quantitative estimate of drug-likeness (QED) is 0.697. The van der Waals surface area contributed by atoms with E-state index in [1.165, 1.54) is 17.1 Å². The van der Waals surface area contributed by atoms with Crippen molar-refractivity contribution in [2.24, 2.45) is 0 Å². The zero-order chi connectivity index (χ0) is 9.26. The van der Waals surface area contributed by atoms with Crippen molar-refractivity contribution < 1.29 is 0 Å². The highest BCUT2D eigenvalue weighted by Gasteiger charge is 2.04. The molecule has 13 heavy (non-hydrogen) atoms. The molecule has 0 amide bonds. The summed E-state index contributed by atoms with van der Waals surface area (Å²) in [6.45, 7) is 2.07. The van der Waals surface area contributed by atoms with Crippen LogP contribution in [0.5, 0.6) is 0 Å². The van der Waals surface area contributed by atoms with Gasteiger partial charge in [0.25, 0.3) is 0 Å². The topological polar surface area (TPSA) is 12.9 Å². The molecule has 1 nitrogen and oxygen atoms in total. The van der Waals surface area contributed by atoms with Gasteiger partial charge in [-0.25, -0.2) is 0 Å². The van der Waals surface area contributed by atoms with Crippen LogP contribution in [0, 0.1) is 6.92 Å². The van der Waals surface area contributed by atoms with Gasteiger partial charge in [-0.3, -0.25) is 0 Å². The second-order valence-electron chi connectivity index (χ2n) is 2.83. The Morgan fingerprint density at radius 1 is 1.31 bits per heavy atom. The molecular formula is C10H8ClNS. The Morgan fingerprint density at radius 3 is 2.69 bits per heavy atom. The first-order valence-corrected chi connectivity index (χ1v) is 5.11. The van der Waals surface area contributed by atoms with E-state index >= 15 is 0 Å². The van der Waals surface area contributed by atoms with Crippen LogP contribution in [0.4, 0.5) is 0 Å². The summed E-state index contributed by atoms with van der Waals surface area (Å²) < 4.78 is 4.99. The molecule has 3 heteroatoms. The largest absolute Gasteiger partial charge is 0.191 e. The first kappa shape index (κ1) is 8.73. The van der Waals surface area contributed by atoms with Crippen molar-refractivity contribution >= 4 is 23.1 Å². The Morgan fingerprint density at radius 2 is 2.08 bits per heavy atom. The predicted octanol–water partition coefficient (Wildman–Crippen LogP) is 3.77. The second-order valence-corrected chi connectivity index (χ2v) is 4.27. The minimum absolute atomic E-state index is 0.734. The monoisotopic (exact) mass is 209 g/mol. The van der Waals surface area contributed by atoms with E-state index in [1.807, 2.05) is 18.2 Å². The molecule has 0 atom stereocenters. The average molecular weight is 210 g/mol. The molecule has 0 aliphatic rings. The van der Waals surface area contributed by atoms with Crippen molar-refractivity contribution in [2.75, 3.05) is 0 Å². The van der Waals surface area contributed by atoms with Gasteiger partial charge >= 0.3 is 0 Å². The lowest BCUT2D eigenvalue weighted by molar-refractivity contribution is 1.42. The number of halogens is 1. The van der Waals surface area contributed by atoms with Crippen LogP contribution in [0.1, 0.15) is 5.56 Å². The van der Waals surface area contributed by atoms with Gasteiger partial charge < -0.3 is 0 Å². The summed E-state index contributed by atoms with van der Waals surface area (Å²) in [4.78, 5) is 0. The van der Waals surface area contributed by atoms with Crippen molar-refractivity contribution in [3.8, 4) is 11.3 Å². The fraction of sp³-hybridized carbons (Fsp3) is 0.100. The fourth-order valence-electron chi connectivity index (χ4n) is 1.24. The molecular weight excluding hydrogens is 202 g/mol. The summed E-state index contributed by atoms with van der Waals surface area (Å²) in [6, 6.07) is 10.1. The maximum Gasteiger partial charge on any atom is 0.114 e. The molecule has 0 aliphatic heterocycles. The third-order valence-electron chi connectivity index (χ3n) is 1.90. The normalized spacial score (nSPS) is 10.3. The molecule has 0 saturated heterocycles. The average Bonchev–Trinajstić information content (AvgIpc) is 2.53. The van der Waals surface area contributed by atoms with Crippen LogP contribution < -0.4 is 0 Å². The zero-order valence-electron chi connectivity index (χ0n) is 7.12. The molecule has 0 aliphatic carbocycles. The van der Waals surface area contributed by atoms with Crippen LogP contribution >= 0.6 is 23.1 Å². The summed E-state index contributed by atoms with van der Waals surface area (Å²) in [5.74, 6) is 0. The summed E-state index contributed by atoms with van der Waals surface area (Å²) in [6.07, 6.45) is 0. The number of aromatic nitrogens is 1. The van der Waals surface area contributed by atoms with Gasteiger partial charge in [-0.2, -0.15) is 4.37 Å². The maximum atomic E-state index is 5.82. The molecule has 2 rings (SSSR count). The van der Waals surface area contributed by atoms with Gasteiger partial charge in [-0.1, -0.05) is 35.9 Å². The van der Waals surface area contributed by atoms with E-state index in [4.69, 9.17) is 11.6 Å². The van der Waals surface area contributed by atoms with Gasteiger partial charge in [0, 0.05) is 5.56 Å². The molecule has 1 heterocycles. The van der Waals surface area contributed by atoms with E-state index in [2.05, 4.69) is 23.4 Å². The van der Waals surface area contributed by atoms with Crippen LogP contribution in [0.25, 0.3) is 11.3 Å². The van der Waals surface area contributed by atoms with Crippen molar-refractivity contribution in [1.29, 1.82) is 0 Å². The van der Waals surface area contributed by atoms with Gasteiger partial charge in [0.2, 0.25) is 0 Å².